The number of aryl methyl sites for hydroxylation is 1. The van der Waals surface area contributed by atoms with E-state index in [9.17, 15) is 8.42 Å². The van der Waals surface area contributed by atoms with Gasteiger partial charge in [0.05, 0.1) is 30.5 Å². The topological polar surface area (TPSA) is 86.6 Å². The lowest BCUT2D eigenvalue weighted by molar-refractivity contribution is 0.342. The van der Waals surface area contributed by atoms with Crippen LogP contribution in [0.2, 0.25) is 5.02 Å². The molecular formula is C22H25ClN4O4S. The molecular weight excluding hydrogens is 452 g/mol. The van der Waals surface area contributed by atoms with E-state index in [1.54, 1.807) is 29.7 Å². The van der Waals surface area contributed by atoms with Crippen molar-refractivity contribution in [2.45, 2.75) is 31.1 Å². The van der Waals surface area contributed by atoms with Gasteiger partial charge in [-0.2, -0.15) is 4.31 Å². The molecule has 0 aliphatic carbocycles. The third-order valence-corrected chi connectivity index (χ3v) is 7.82. The SMILES string of the molecule is COc1cc(OC)c(S(=O)(=O)N2CCCCC2)cc1-c1nnc(C)n1-c1ccccc1Cl. The Morgan fingerprint density at radius 3 is 2.31 bits per heavy atom. The van der Waals surface area contributed by atoms with E-state index in [1.165, 1.54) is 18.5 Å². The van der Waals surface area contributed by atoms with Gasteiger partial charge < -0.3 is 9.47 Å². The Morgan fingerprint density at radius 1 is 0.969 bits per heavy atom. The molecule has 8 nitrogen and oxygen atoms in total. The van der Waals surface area contributed by atoms with Gasteiger partial charge in [-0.15, -0.1) is 10.2 Å². The summed E-state index contributed by atoms with van der Waals surface area (Å²) in [5, 5.41) is 9.06. The maximum absolute atomic E-state index is 13.5. The molecule has 1 aliphatic heterocycles. The van der Waals surface area contributed by atoms with Crippen LogP contribution in [0, 0.1) is 6.92 Å². The van der Waals surface area contributed by atoms with E-state index in [4.69, 9.17) is 21.1 Å². The zero-order chi connectivity index (χ0) is 22.9. The Balaban J connectivity index is 1.94. The van der Waals surface area contributed by atoms with Gasteiger partial charge in [-0.3, -0.25) is 4.57 Å². The Kier molecular flexibility index (Phi) is 6.41. The van der Waals surface area contributed by atoms with Crippen LogP contribution in [0.1, 0.15) is 25.1 Å². The maximum Gasteiger partial charge on any atom is 0.246 e. The van der Waals surface area contributed by atoms with E-state index >= 15 is 0 Å². The number of methoxy groups -OCH3 is 2. The molecule has 1 saturated heterocycles. The summed E-state index contributed by atoms with van der Waals surface area (Å²) in [6, 6.07) is 10.5. The fourth-order valence-corrected chi connectivity index (χ4v) is 5.85. The number of nitrogens with zero attached hydrogens (tertiary/aromatic N) is 4. The lowest BCUT2D eigenvalue weighted by atomic mass is 10.1. The Morgan fingerprint density at radius 2 is 1.66 bits per heavy atom. The zero-order valence-electron chi connectivity index (χ0n) is 18.2. The second-order valence-corrected chi connectivity index (χ2v) is 9.84. The van der Waals surface area contributed by atoms with E-state index in [2.05, 4.69) is 10.2 Å². The second-order valence-electron chi connectivity index (χ2n) is 7.53. The molecule has 2 aromatic carbocycles. The van der Waals surface area contributed by atoms with Crippen molar-refractivity contribution in [2.75, 3.05) is 27.3 Å². The van der Waals surface area contributed by atoms with Gasteiger partial charge in [0.15, 0.2) is 5.82 Å². The monoisotopic (exact) mass is 476 g/mol. The van der Waals surface area contributed by atoms with Gasteiger partial charge in [0, 0.05) is 19.2 Å². The van der Waals surface area contributed by atoms with Crippen LogP contribution >= 0.6 is 11.6 Å². The first-order chi connectivity index (χ1) is 15.4. The smallest absolute Gasteiger partial charge is 0.246 e. The van der Waals surface area contributed by atoms with Crippen molar-refractivity contribution in [3.63, 3.8) is 0 Å². The molecule has 0 N–H and O–H groups in total. The van der Waals surface area contributed by atoms with Crippen LogP contribution in [0.25, 0.3) is 17.1 Å². The highest BCUT2D eigenvalue weighted by Crippen LogP contribution is 2.40. The lowest BCUT2D eigenvalue weighted by Gasteiger charge is -2.27. The van der Waals surface area contributed by atoms with E-state index in [1.807, 2.05) is 18.2 Å². The normalized spacial score (nSPS) is 15.0. The van der Waals surface area contributed by atoms with E-state index < -0.39 is 10.0 Å². The van der Waals surface area contributed by atoms with Crippen molar-refractivity contribution in [3.8, 4) is 28.6 Å². The third kappa shape index (κ3) is 3.96. The minimum atomic E-state index is -3.77. The summed E-state index contributed by atoms with van der Waals surface area (Å²) in [6.45, 7) is 2.78. The van der Waals surface area contributed by atoms with E-state index in [0.717, 1.165) is 19.3 Å². The first-order valence-corrected chi connectivity index (χ1v) is 12.1. The lowest BCUT2D eigenvalue weighted by Crippen LogP contribution is -2.35. The molecule has 0 bridgehead atoms. The van der Waals surface area contributed by atoms with Crippen LogP contribution < -0.4 is 9.47 Å². The van der Waals surface area contributed by atoms with Crippen molar-refractivity contribution in [1.82, 2.24) is 19.1 Å². The van der Waals surface area contributed by atoms with Crippen LogP contribution in [-0.2, 0) is 10.0 Å². The molecule has 10 heteroatoms. The Labute approximate surface area is 192 Å². The molecule has 170 valence electrons. The minimum absolute atomic E-state index is 0.0732. The molecule has 0 amide bonds. The van der Waals surface area contributed by atoms with Crippen LogP contribution in [-0.4, -0.2) is 54.8 Å². The standard InChI is InChI=1S/C22H25ClN4O4S/c1-15-24-25-22(27(15)18-10-6-5-9-17(18)23)16-13-21(20(31-3)14-19(16)30-2)32(28,29)26-11-7-4-8-12-26/h5-6,9-10,13-14H,4,7-8,11-12H2,1-3H3. The van der Waals surface area contributed by atoms with Crippen molar-refractivity contribution < 1.29 is 17.9 Å². The highest BCUT2D eigenvalue weighted by molar-refractivity contribution is 7.89. The quantitative estimate of drug-likeness (QED) is 0.532. The highest BCUT2D eigenvalue weighted by atomic mass is 35.5. The summed E-state index contributed by atoms with van der Waals surface area (Å²) in [5.41, 5.74) is 1.16. The van der Waals surface area contributed by atoms with Gasteiger partial charge in [-0.1, -0.05) is 30.2 Å². The second kappa shape index (κ2) is 9.09. The maximum atomic E-state index is 13.5. The molecule has 1 aliphatic rings. The number of rotatable bonds is 6. The largest absolute Gasteiger partial charge is 0.496 e. The van der Waals surface area contributed by atoms with Crippen LogP contribution in [0.3, 0.4) is 0 Å². The van der Waals surface area contributed by atoms with E-state index in [0.29, 0.717) is 46.8 Å². The van der Waals surface area contributed by atoms with Crippen LogP contribution in [0.4, 0.5) is 0 Å². The summed E-state index contributed by atoms with van der Waals surface area (Å²) < 4.78 is 41.3. The number of ether oxygens (including phenoxy) is 2. The number of benzene rings is 2. The summed E-state index contributed by atoms with van der Waals surface area (Å²) in [7, 11) is -0.811. The Bertz CT molecular complexity index is 1240. The molecule has 0 radical (unpaired) electrons. The fraction of sp³-hybridized carbons (Fsp3) is 0.364. The van der Waals surface area contributed by atoms with Gasteiger partial charge in [-0.25, -0.2) is 8.42 Å². The number of piperidine rings is 1. The highest BCUT2D eigenvalue weighted by Gasteiger charge is 2.31. The number of para-hydroxylation sites is 1. The molecule has 1 aromatic heterocycles. The first kappa shape index (κ1) is 22.6. The van der Waals surface area contributed by atoms with Crippen molar-refractivity contribution >= 4 is 21.6 Å². The molecule has 0 unspecified atom stereocenters. The molecule has 0 atom stereocenters. The Hall–Kier alpha value is -2.62. The van der Waals surface area contributed by atoms with E-state index in [-0.39, 0.29) is 10.6 Å². The number of aromatic nitrogens is 3. The van der Waals surface area contributed by atoms with Crippen molar-refractivity contribution in [3.05, 3.63) is 47.2 Å². The molecule has 32 heavy (non-hydrogen) atoms. The van der Waals surface area contributed by atoms with Gasteiger partial charge in [0.2, 0.25) is 10.0 Å². The van der Waals surface area contributed by atoms with Crippen molar-refractivity contribution in [2.24, 2.45) is 0 Å². The third-order valence-electron chi connectivity index (χ3n) is 5.58. The van der Waals surface area contributed by atoms with Gasteiger partial charge in [0.1, 0.15) is 22.2 Å². The average Bonchev–Trinajstić information content (AvgIpc) is 3.19. The summed E-state index contributed by atoms with van der Waals surface area (Å²) in [5.74, 6) is 1.66. The molecule has 0 spiro atoms. The molecule has 4 rings (SSSR count). The minimum Gasteiger partial charge on any atom is -0.496 e. The van der Waals surface area contributed by atoms with Gasteiger partial charge in [0.25, 0.3) is 0 Å². The van der Waals surface area contributed by atoms with Gasteiger partial charge in [-0.05, 0) is 38.0 Å². The summed E-state index contributed by atoms with van der Waals surface area (Å²) in [6.07, 6.45) is 2.70. The summed E-state index contributed by atoms with van der Waals surface area (Å²) >= 11 is 6.44. The molecule has 0 saturated carbocycles. The fourth-order valence-electron chi connectivity index (χ4n) is 3.95. The molecule has 3 aromatic rings. The average molecular weight is 477 g/mol. The van der Waals surface area contributed by atoms with Gasteiger partial charge >= 0.3 is 0 Å². The predicted molar refractivity (Wildman–Crippen MR) is 122 cm³/mol. The zero-order valence-corrected chi connectivity index (χ0v) is 19.8. The number of sulfonamides is 1. The number of hydrogen-bond acceptors (Lipinski definition) is 6. The summed E-state index contributed by atoms with van der Waals surface area (Å²) in [4.78, 5) is 0.0732. The number of hydrogen-bond donors (Lipinski definition) is 0. The van der Waals surface area contributed by atoms with Crippen LogP contribution in [0.15, 0.2) is 41.3 Å². The van der Waals surface area contributed by atoms with Crippen LogP contribution in [0.5, 0.6) is 11.5 Å². The molecule has 2 heterocycles. The number of halogens is 1. The van der Waals surface area contributed by atoms with Crippen molar-refractivity contribution in [1.29, 1.82) is 0 Å². The predicted octanol–water partition coefficient (Wildman–Crippen LogP) is 4.09. The molecule has 1 fully saturated rings. The first-order valence-electron chi connectivity index (χ1n) is 10.3.